The zero-order valence-electron chi connectivity index (χ0n) is 10.9. The molecule has 0 aliphatic heterocycles. The van der Waals surface area contributed by atoms with E-state index in [1.165, 1.54) is 0 Å². The third-order valence-electron chi connectivity index (χ3n) is 4.15. The van der Waals surface area contributed by atoms with Crippen molar-refractivity contribution in [1.29, 1.82) is 0 Å². The van der Waals surface area contributed by atoms with Gasteiger partial charge in [0.1, 0.15) is 11.4 Å². The van der Waals surface area contributed by atoms with Crippen LogP contribution >= 0.6 is 0 Å². The monoisotopic (exact) mass is 246 g/mol. The van der Waals surface area contributed by atoms with Gasteiger partial charge < -0.3 is 14.5 Å². The Bertz CT molecular complexity index is 562. The maximum absolute atomic E-state index is 5.46. The summed E-state index contributed by atoms with van der Waals surface area (Å²) in [5.74, 6) is 0.897. The minimum absolute atomic E-state index is 0.127. The van der Waals surface area contributed by atoms with Gasteiger partial charge >= 0.3 is 0 Å². The number of hydrogen-bond acceptors (Lipinski definition) is 4. The van der Waals surface area contributed by atoms with E-state index in [0.717, 1.165) is 23.2 Å². The van der Waals surface area contributed by atoms with Gasteiger partial charge in [0.2, 0.25) is 0 Å². The lowest BCUT2D eigenvalue weighted by Crippen LogP contribution is -2.57. The molecule has 2 aromatic heterocycles. The Kier molecular flexibility index (Phi) is 2.55. The maximum atomic E-state index is 5.46. The molecule has 18 heavy (non-hydrogen) atoms. The van der Waals surface area contributed by atoms with E-state index in [9.17, 15) is 0 Å². The molecule has 2 atom stereocenters. The largest absolute Gasteiger partial charge is 0.464 e. The smallest absolute Gasteiger partial charge is 0.139 e. The van der Waals surface area contributed by atoms with Gasteiger partial charge in [-0.15, -0.1) is 0 Å². The second kappa shape index (κ2) is 3.99. The number of hydrogen-bond donors (Lipinski definition) is 1. The number of nitrogens with zero attached hydrogens (tertiary/aromatic N) is 1. The van der Waals surface area contributed by atoms with Crippen LogP contribution in [0.1, 0.15) is 20.3 Å². The summed E-state index contributed by atoms with van der Waals surface area (Å²) < 4.78 is 10.8. The summed E-state index contributed by atoms with van der Waals surface area (Å²) in [6.07, 6.45) is 4.80. The normalized spacial score (nSPS) is 25.9. The zero-order chi connectivity index (χ0) is 12.8. The van der Waals surface area contributed by atoms with Crippen LogP contribution in [0.2, 0.25) is 0 Å². The van der Waals surface area contributed by atoms with Crippen molar-refractivity contribution < 1.29 is 9.15 Å². The van der Waals surface area contributed by atoms with Gasteiger partial charge in [-0.25, -0.2) is 4.98 Å². The number of furan rings is 1. The molecule has 4 nitrogen and oxygen atoms in total. The summed E-state index contributed by atoms with van der Waals surface area (Å²) in [5.41, 5.74) is 0.996. The summed E-state index contributed by atoms with van der Waals surface area (Å²) in [7, 11) is 1.78. The highest BCUT2D eigenvalue weighted by molar-refractivity contribution is 5.88. The number of methoxy groups -OCH3 is 1. The number of ether oxygens (including phenoxy) is 1. The third-order valence-corrected chi connectivity index (χ3v) is 4.15. The van der Waals surface area contributed by atoms with Crippen molar-refractivity contribution in [1.82, 2.24) is 4.98 Å². The van der Waals surface area contributed by atoms with Crippen molar-refractivity contribution in [3.8, 4) is 0 Å². The fourth-order valence-corrected chi connectivity index (χ4v) is 2.71. The van der Waals surface area contributed by atoms with E-state index in [-0.39, 0.29) is 5.41 Å². The van der Waals surface area contributed by atoms with Crippen molar-refractivity contribution in [2.24, 2.45) is 5.41 Å². The molecule has 3 rings (SSSR count). The number of fused-ring (bicyclic) bond motifs is 1. The summed E-state index contributed by atoms with van der Waals surface area (Å²) in [6, 6.07) is 4.21. The summed E-state index contributed by atoms with van der Waals surface area (Å²) in [4.78, 5) is 4.41. The molecule has 1 aliphatic carbocycles. The fraction of sp³-hybridized carbons (Fsp3) is 0.500. The predicted molar refractivity (Wildman–Crippen MR) is 70.6 cm³/mol. The molecule has 1 fully saturated rings. The van der Waals surface area contributed by atoms with Crippen LogP contribution in [0.3, 0.4) is 0 Å². The lowest BCUT2D eigenvalue weighted by atomic mass is 9.64. The standard InChI is InChI=1S/C14H18N2O2/c1-14(2)11(8-12(14)17-3)16-13-9-5-7-18-10(9)4-6-15-13/h4-7,11-12H,8H2,1-3H3,(H,15,16). The molecule has 1 aliphatic rings. The fourth-order valence-electron chi connectivity index (χ4n) is 2.71. The minimum atomic E-state index is 0.127. The molecule has 2 heterocycles. The SMILES string of the molecule is COC1CC(Nc2nccc3occc23)C1(C)C. The van der Waals surface area contributed by atoms with Crippen molar-refractivity contribution in [2.75, 3.05) is 12.4 Å². The molecular weight excluding hydrogens is 228 g/mol. The second-order valence-corrected chi connectivity index (χ2v) is 5.47. The topological polar surface area (TPSA) is 47.3 Å². The average molecular weight is 246 g/mol. The van der Waals surface area contributed by atoms with Crippen LogP contribution in [0.5, 0.6) is 0 Å². The van der Waals surface area contributed by atoms with Gasteiger partial charge in [-0.2, -0.15) is 0 Å². The van der Waals surface area contributed by atoms with Crippen molar-refractivity contribution in [2.45, 2.75) is 32.4 Å². The molecule has 0 saturated heterocycles. The molecule has 0 bridgehead atoms. The molecule has 1 saturated carbocycles. The van der Waals surface area contributed by atoms with E-state index in [1.807, 2.05) is 12.1 Å². The zero-order valence-corrected chi connectivity index (χ0v) is 10.9. The molecule has 0 radical (unpaired) electrons. The molecule has 1 N–H and O–H groups in total. The van der Waals surface area contributed by atoms with Crippen molar-refractivity contribution in [3.05, 3.63) is 24.6 Å². The van der Waals surface area contributed by atoms with Gasteiger partial charge in [0.05, 0.1) is 17.8 Å². The van der Waals surface area contributed by atoms with Crippen LogP contribution in [-0.4, -0.2) is 24.2 Å². The van der Waals surface area contributed by atoms with E-state index >= 15 is 0 Å². The molecular formula is C14H18N2O2. The van der Waals surface area contributed by atoms with Crippen molar-refractivity contribution in [3.63, 3.8) is 0 Å². The number of nitrogens with one attached hydrogen (secondary N) is 1. The van der Waals surface area contributed by atoms with E-state index in [1.54, 1.807) is 19.6 Å². The number of pyridine rings is 1. The summed E-state index contributed by atoms with van der Waals surface area (Å²) in [6.45, 7) is 4.44. The number of aromatic nitrogens is 1. The minimum Gasteiger partial charge on any atom is -0.464 e. The van der Waals surface area contributed by atoms with Crippen LogP contribution in [-0.2, 0) is 4.74 Å². The van der Waals surface area contributed by atoms with Gasteiger partial charge in [-0.05, 0) is 18.6 Å². The summed E-state index contributed by atoms with van der Waals surface area (Å²) >= 11 is 0. The lowest BCUT2D eigenvalue weighted by Gasteiger charge is -2.51. The van der Waals surface area contributed by atoms with Crippen LogP contribution in [0.4, 0.5) is 5.82 Å². The highest BCUT2D eigenvalue weighted by Gasteiger charge is 2.48. The molecule has 2 aromatic rings. The Morgan fingerprint density at radius 1 is 1.44 bits per heavy atom. The Morgan fingerprint density at radius 3 is 3.00 bits per heavy atom. The number of anilines is 1. The van der Waals surface area contributed by atoms with Crippen LogP contribution in [0, 0.1) is 5.41 Å². The van der Waals surface area contributed by atoms with Gasteiger partial charge in [0.25, 0.3) is 0 Å². The molecule has 0 aromatic carbocycles. The Morgan fingerprint density at radius 2 is 2.28 bits per heavy atom. The molecule has 4 heteroatoms. The van der Waals surface area contributed by atoms with E-state index in [0.29, 0.717) is 12.1 Å². The molecule has 0 spiro atoms. The number of rotatable bonds is 3. The van der Waals surface area contributed by atoms with Gasteiger partial charge in [0.15, 0.2) is 0 Å². The Labute approximate surface area is 106 Å². The van der Waals surface area contributed by atoms with Crippen molar-refractivity contribution >= 4 is 16.8 Å². The predicted octanol–water partition coefficient (Wildman–Crippen LogP) is 3.05. The maximum Gasteiger partial charge on any atom is 0.139 e. The molecule has 96 valence electrons. The van der Waals surface area contributed by atoms with Gasteiger partial charge in [0, 0.05) is 24.8 Å². The molecule has 0 amide bonds. The second-order valence-electron chi connectivity index (χ2n) is 5.47. The first-order valence-electron chi connectivity index (χ1n) is 6.24. The highest BCUT2D eigenvalue weighted by atomic mass is 16.5. The van der Waals surface area contributed by atoms with Crippen LogP contribution in [0.15, 0.2) is 29.0 Å². The highest BCUT2D eigenvalue weighted by Crippen LogP contribution is 2.44. The van der Waals surface area contributed by atoms with Crippen LogP contribution in [0.25, 0.3) is 11.0 Å². The molecule has 2 unspecified atom stereocenters. The first kappa shape index (κ1) is 11.5. The van der Waals surface area contributed by atoms with E-state index in [4.69, 9.17) is 9.15 Å². The van der Waals surface area contributed by atoms with Gasteiger partial charge in [-0.1, -0.05) is 13.8 Å². The quantitative estimate of drug-likeness (QED) is 0.904. The first-order valence-corrected chi connectivity index (χ1v) is 6.24. The van der Waals surface area contributed by atoms with E-state index < -0.39 is 0 Å². The summed E-state index contributed by atoms with van der Waals surface area (Å²) in [5, 5.41) is 4.55. The van der Waals surface area contributed by atoms with E-state index in [2.05, 4.69) is 24.1 Å². The van der Waals surface area contributed by atoms with Gasteiger partial charge in [-0.3, -0.25) is 0 Å². The lowest BCUT2D eigenvalue weighted by molar-refractivity contribution is -0.0795. The van der Waals surface area contributed by atoms with Crippen LogP contribution < -0.4 is 5.32 Å². The Hall–Kier alpha value is -1.55. The Balaban J connectivity index is 1.84. The average Bonchev–Trinajstić information content (AvgIpc) is 2.82. The first-order chi connectivity index (χ1) is 8.63. The third kappa shape index (κ3) is 1.60.